The first-order valence-electron chi connectivity index (χ1n) is 6.49. The minimum atomic E-state index is 0.504. The molecule has 1 fully saturated rings. The Bertz CT molecular complexity index is 345. The molecule has 1 aromatic heterocycles. The molecule has 1 aromatic rings. The van der Waals surface area contributed by atoms with Gasteiger partial charge < -0.3 is 0 Å². The van der Waals surface area contributed by atoms with Crippen molar-refractivity contribution in [3.8, 4) is 0 Å². The highest BCUT2D eigenvalue weighted by molar-refractivity contribution is 7.09. The second kappa shape index (κ2) is 6.17. The first-order valence-corrected chi connectivity index (χ1v) is 7.90. The first kappa shape index (κ1) is 13.3. The third kappa shape index (κ3) is 3.21. The summed E-state index contributed by atoms with van der Waals surface area (Å²) in [4.78, 5) is 7.23. The molecule has 96 valence electrons. The molecular formula is C13H21ClN2S. The summed E-state index contributed by atoms with van der Waals surface area (Å²) < 4.78 is 0. The molecule has 1 aliphatic heterocycles. The van der Waals surface area contributed by atoms with Crippen molar-refractivity contribution in [2.24, 2.45) is 5.92 Å². The van der Waals surface area contributed by atoms with Gasteiger partial charge in [-0.25, -0.2) is 4.98 Å². The van der Waals surface area contributed by atoms with Crippen molar-refractivity contribution < 1.29 is 0 Å². The Labute approximate surface area is 113 Å². The largest absolute Gasteiger partial charge is 0.294 e. The van der Waals surface area contributed by atoms with Crippen LogP contribution < -0.4 is 0 Å². The zero-order valence-corrected chi connectivity index (χ0v) is 12.2. The van der Waals surface area contributed by atoms with E-state index in [0.29, 0.717) is 11.9 Å². The summed E-state index contributed by atoms with van der Waals surface area (Å²) in [6.07, 6.45) is 3.79. The first-order chi connectivity index (χ1) is 8.24. The maximum absolute atomic E-state index is 5.82. The molecule has 0 saturated carbocycles. The van der Waals surface area contributed by atoms with Crippen molar-refractivity contribution in [1.82, 2.24) is 9.88 Å². The van der Waals surface area contributed by atoms with E-state index in [9.17, 15) is 0 Å². The molecule has 0 spiro atoms. The molecule has 0 aliphatic carbocycles. The van der Waals surface area contributed by atoms with Crippen LogP contribution in [0.25, 0.3) is 0 Å². The quantitative estimate of drug-likeness (QED) is 0.769. The Morgan fingerprint density at radius 3 is 2.76 bits per heavy atom. The van der Waals surface area contributed by atoms with E-state index in [1.807, 2.05) is 0 Å². The van der Waals surface area contributed by atoms with E-state index in [2.05, 4.69) is 29.1 Å². The van der Waals surface area contributed by atoms with Gasteiger partial charge in [0, 0.05) is 5.38 Å². The van der Waals surface area contributed by atoms with Gasteiger partial charge in [0.1, 0.15) is 5.01 Å². The Kier molecular flexibility index (Phi) is 4.83. The zero-order chi connectivity index (χ0) is 12.3. The highest BCUT2D eigenvalue weighted by atomic mass is 35.5. The number of rotatable bonds is 4. The summed E-state index contributed by atoms with van der Waals surface area (Å²) in [6, 6.07) is 0.504. The molecule has 2 rings (SSSR count). The van der Waals surface area contributed by atoms with Crippen molar-refractivity contribution in [2.45, 2.75) is 45.0 Å². The number of nitrogens with zero attached hydrogens (tertiary/aromatic N) is 2. The lowest BCUT2D eigenvalue weighted by molar-refractivity contribution is 0.134. The lowest BCUT2D eigenvalue weighted by atomic mass is 9.97. The highest BCUT2D eigenvalue weighted by Gasteiger charge is 2.25. The Hall–Kier alpha value is -0.120. The lowest BCUT2D eigenvalue weighted by Crippen LogP contribution is -2.35. The number of piperidine rings is 1. The zero-order valence-electron chi connectivity index (χ0n) is 10.7. The average Bonchev–Trinajstić information content (AvgIpc) is 2.81. The molecule has 2 nitrogen and oxygen atoms in total. The molecule has 2 heterocycles. The highest BCUT2D eigenvalue weighted by Crippen LogP contribution is 2.31. The maximum atomic E-state index is 5.82. The van der Waals surface area contributed by atoms with E-state index in [1.165, 1.54) is 30.9 Å². The van der Waals surface area contributed by atoms with Gasteiger partial charge in [-0.15, -0.1) is 22.9 Å². The van der Waals surface area contributed by atoms with E-state index in [1.54, 1.807) is 11.3 Å². The van der Waals surface area contributed by atoms with Gasteiger partial charge in [0.05, 0.1) is 17.6 Å². The average molecular weight is 273 g/mol. The van der Waals surface area contributed by atoms with Crippen molar-refractivity contribution in [3.63, 3.8) is 0 Å². The van der Waals surface area contributed by atoms with Gasteiger partial charge >= 0.3 is 0 Å². The topological polar surface area (TPSA) is 16.1 Å². The smallest absolute Gasteiger partial charge is 0.110 e. The maximum Gasteiger partial charge on any atom is 0.110 e. The van der Waals surface area contributed by atoms with Crippen LogP contribution in [0.15, 0.2) is 5.38 Å². The van der Waals surface area contributed by atoms with E-state index >= 15 is 0 Å². The molecule has 17 heavy (non-hydrogen) atoms. The Morgan fingerprint density at radius 2 is 2.24 bits per heavy atom. The molecule has 4 heteroatoms. The van der Waals surface area contributed by atoms with Crippen molar-refractivity contribution in [3.05, 3.63) is 16.1 Å². The minimum absolute atomic E-state index is 0.504. The SMILES string of the molecule is CCC(c1nc(CCl)cs1)N1CCC(C)CC1. The summed E-state index contributed by atoms with van der Waals surface area (Å²) in [5, 5.41) is 3.34. The predicted octanol–water partition coefficient (Wildman–Crippen LogP) is 4.06. The minimum Gasteiger partial charge on any atom is -0.294 e. The van der Waals surface area contributed by atoms with Crippen LogP contribution in [0.3, 0.4) is 0 Å². The second-order valence-corrected chi connectivity index (χ2v) is 6.11. The number of hydrogen-bond donors (Lipinski definition) is 0. The van der Waals surface area contributed by atoms with Crippen LogP contribution in [-0.2, 0) is 5.88 Å². The van der Waals surface area contributed by atoms with Crippen molar-refractivity contribution in [1.29, 1.82) is 0 Å². The van der Waals surface area contributed by atoms with E-state index in [4.69, 9.17) is 11.6 Å². The van der Waals surface area contributed by atoms with E-state index in [0.717, 1.165) is 18.0 Å². The molecule has 1 unspecified atom stereocenters. The van der Waals surface area contributed by atoms with Gasteiger partial charge in [-0.3, -0.25) is 4.90 Å². The van der Waals surface area contributed by atoms with Crippen LogP contribution in [0.5, 0.6) is 0 Å². The van der Waals surface area contributed by atoms with E-state index in [-0.39, 0.29) is 0 Å². The van der Waals surface area contributed by atoms with Gasteiger partial charge in [-0.05, 0) is 38.3 Å². The predicted molar refractivity (Wildman–Crippen MR) is 74.7 cm³/mol. The van der Waals surface area contributed by atoms with Crippen molar-refractivity contribution >= 4 is 22.9 Å². The normalized spacial score (nSPS) is 20.6. The fourth-order valence-corrected chi connectivity index (χ4v) is 3.73. The number of aromatic nitrogens is 1. The standard InChI is InChI=1S/C13H21ClN2S/c1-3-12(13-15-11(8-14)9-17-13)16-6-4-10(2)5-7-16/h9-10,12H,3-8H2,1-2H3. The fourth-order valence-electron chi connectivity index (χ4n) is 2.47. The van der Waals surface area contributed by atoms with Gasteiger partial charge in [0.2, 0.25) is 0 Å². The summed E-state index contributed by atoms with van der Waals surface area (Å²) in [6.45, 7) is 7.04. The Balaban J connectivity index is 2.05. The van der Waals surface area contributed by atoms with Crippen LogP contribution in [-0.4, -0.2) is 23.0 Å². The third-order valence-corrected chi connectivity index (χ3v) is 4.91. The molecule has 0 aromatic carbocycles. The van der Waals surface area contributed by atoms with Crippen LogP contribution in [0.1, 0.15) is 49.9 Å². The number of thiazole rings is 1. The molecule has 0 N–H and O–H groups in total. The van der Waals surface area contributed by atoms with E-state index < -0.39 is 0 Å². The molecule has 0 amide bonds. The monoisotopic (exact) mass is 272 g/mol. The summed E-state index contributed by atoms with van der Waals surface area (Å²) in [5.74, 6) is 1.42. The second-order valence-electron chi connectivity index (χ2n) is 4.95. The Morgan fingerprint density at radius 1 is 1.53 bits per heavy atom. The summed E-state index contributed by atoms with van der Waals surface area (Å²) in [5.41, 5.74) is 1.02. The number of alkyl halides is 1. The van der Waals surface area contributed by atoms with Crippen LogP contribution in [0, 0.1) is 5.92 Å². The van der Waals surface area contributed by atoms with Gasteiger partial charge in [0.15, 0.2) is 0 Å². The van der Waals surface area contributed by atoms with Crippen LogP contribution >= 0.6 is 22.9 Å². The molecular weight excluding hydrogens is 252 g/mol. The summed E-state index contributed by atoms with van der Waals surface area (Å²) >= 11 is 7.59. The molecule has 1 atom stereocenters. The molecule has 1 saturated heterocycles. The fraction of sp³-hybridized carbons (Fsp3) is 0.769. The lowest BCUT2D eigenvalue weighted by Gasteiger charge is -2.35. The molecule has 1 aliphatic rings. The van der Waals surface area contributed by atoms with Crippen LogP contribution in [0.4, 0.5) is 0 Å². The van der Waals surface area contributed by atoms with Crippen molar-refractivity contribution in [2.75, 3.05) is 13.1 Å². The van der Waals surface area contributed by atoms with Gasteiger partial charge in [0.25, 0.3) is 0 Å². The number of likely N-dealkylation sites (tertiary alicyclic amines) is 1. The summed E-state index contributed by atoms with van der Waals surface area (Å²) in [7, 11) is 0. The number of halogens is 1. The number of hydrogen-bond acceptors (Lipinski definition) is 3. The van der Waals surface area contributed by atoms with Crippen LogP contribution in [0.2, 0.25) is 0 Å². The van der Waals surface area contributed by atoms with Gasteiger partial charge in [-0.2, -0.15) is 0 Å². The van der Waals surface area contributed by atoms with Gasteiger partial charge in [-0.1, -0.05) is 13.8 Å². The third-order valence-electron chi connectivity index (χ3n) is 3.64. The molecule has 0 bridgehead atoms. The molecule has 0 radical (unpaired) electrons.